The van der Waals surface area contributed by atoms with Crippen LogP contribution in [0.2, 0.25) is 0 Å². The van der Waals surface area contributed by atoms with Gasteiger partial charge in [-0.1, -0.05) is 30.4 Å². The average Bonchev–Trinajstić information content (AvgIpc) is 3.44. The number of halogens is 2. The number of hydrogen-bond donors (Lipinski definition) is 1. The minimum atomic E-state index is -0.501. The van der Waals surface area contributed by atoms with Crippen LogP contribution in [0.3, 0.4) is 0 Å². The fourth-order valence-corrected chi connectivity index (χ4v) is 5.64. The van der Waals surface area contributed by atoms with Gasteiger partial charge in [0.2, 0.25) is 0 Å². The molecule has 1 atom stereocenters. The molecule has 6 heteroatoms. The molecule has 2 nitrogen and oxygen atoms in total. The number of nitrogens with one attached hydrogen (secondary N) is 1. The van der Waals surface area contributed by atoms with Crippen molar-refractivity contribution in [3.63, 3.8) is 0 Å². The van der Waals surface area contributed by atoms with Gasteiger partial charge < -0.3 is 5.32 Å². The van der Waals surface area contributed by atoms with Gasteiger partial charge >= 0.3 is 0 Å². The molecule has 3 heterocycles. The van der Waals surface area contributed by atoms with Crippen LogP contribution in [-0.4, -0.2) is 11.2 Å². The number of anilines is 1. The van der Waals surface area contributed by atoms with Gasteiger partial charge in [-0.3, -0.25) is 4.79 Å². The molecule has 2 aliphatic heterocycles. The van der Waals surface area contributed by atoms with E-state index in [0.717, 1.165) is 30.2 Å². The van der Waals surface area contributed by atoms with Crippen LogP contribution in [0, 0.1) is 11.6 Å². The third-order valence-corrected chi connectivity index (χ3v) is 7.28. The first-order valence-corrected chi connectivity index (χ1v) is 10.9. The van der Waals surface area contributed by atoms with Gasteiger partial charge in [-0.15, -0.1) is 23.1 Å². The molecular weight excluding hydrogens is 408 g/mol. The highest BCUT2D eigenvalue weighted by Gasteiger charge is 2.27. The summed E-state index contributed by atoms with van der Waals surface area (Å²) in [4.78, 5) is 15.1. The molecule has 0 saturated carbocycles. The zero-order valence-corrected chi connectivity index (χ0v) is 16.7. The predicted molar refractivity (Wildman–Crippen MR) is 117 cm³/mol. The Balaban J connectivity index is 1.43. The van der Waals surface area contributed by atoms with Crippen molar-refractivity contribution in [1.29, 1.82) is 0 Å². The number of carbonyl (C=O) groups excluding carboxylic acids is 1. The Morgan fingerprint density at radius 2 is 1.97 bits per heavy atom. The molecular formula is C23H15F2NOS2. The Morgan fingerprint density at radius 3 is 2.79 bits per heavy atom. The van der Waals surface area contributed by atoms with Crippen LogP contribution in [-0.2, 0) is 4.79 Å². The van der Waals surface area contributed by atoms with Crippen molar-refractivity contribution in [1.82, 2.24) is 0 Å². The van der Waals surface area contributed by atoms with Crippen molar-refractivity contribution in [3.8, 4) is 11.1 Å². The van der Waals surface area contributed by atoms with E-state index in [9.17, 15) is 13.6 Å². The molecule has 1 unspecified atom stereocenters. The van der Waals surface area contributed by atoms with Crippen LogP contribution in [0.1, 0.15) is 16.9 Å². The number of thioether (sulfide) groups is 1. The molecule has 3 aromatic rings. The topological polar surface area (TPSA) is 29.1 Å². The predicted octanol–water partition coefficient (Wildman–Crippen LogP) is 6.58. The molecule has 0 saturated heterocycles. The molecule has 0 bridgehead atoms. The quantitative estimate of drug-likeness (QED) is 0.483. The molecule has 0 fully saturated rings. The number of fused-ring (bicyclic) bond motifs is 1. The second kappa shape index (κ2) is 7.28. The summed E-state index contributed by atoms with van der Waals surface area (Å²) in [5.74, 6) is -1.16. The summed E-state index contributed by atoms with van der Waals surface area (Å²) in [5, 5.41) is 5.11. The number of thiophene rings is 1. The lowest BCUT2D eigenvalue weighted by molar-refractivity contribution is -0.110. The Hall–Kier alpha value is -2.70. The normalized spacial score (nSPS) is 19.4. The molecule has 29 heavy (non-hydrogen) atoms. The monoisotopic (exact) mass is 423 g/mol. The maximum absolute atomic E-state index is 14.1. The van der Waals surface area contributed by atoms with Crippen LogP contribution in [0.15, 0.2) is 66.1 Å². The van der Waals surface area contributed by atoms with E-state index in [1.165, 1.54) is 9.78 Å². The zero-order chi connectivity index (χ0) is 20.0. The number of hydrogen-bond acceptors (Lipinski definition) is 3. The van der Waals surface area contributed by atoms with Crippen molar-refractivity contribution in [3.05, 3.63) is 88.1 Å². The van der Waals surface area contributed by atoms with Crippen LogP contribution < -0.4 is 5.32 Å². The molecule has 0 aliphatic carbocycles. The van der Waals surface area contributed by atoms with Gasteiger partial charge in [-0.25, -0.2) is 8.78 Å². The van der Waals surface area contributed by atoms with Crippen molar-refractivity contribution in [2.24, 2.45) is 0 Å². The van der Waals surface area contributed by atoms with Gasteiger partial charge in [-0.2, -0.15) is 0 Å². The van der Waals surface area contributed by atoms with Crippen molar-refractivity contribution in [2.45, 2.75) is 11.7 Å². The van der Waals surface area contributed by atoms with Gasteiger partial charge in [0.15, 0.2) is 0 Å². The van der Waals surface area contributed by atoms with Crippen molar-refractivity contribution >= 4 is 45.2 Å². The first-order valence-electron chi connectivity index (χ1n) is 9.12. The fourth-order valence-electron chi connectivity index (χ4n) is 3.59. The smallest absolute Gasteiger partial charge is 0.256 e. The van der Waals surface area contributed by atoms with Crippen LogP contribution in [0.5, 0.6) is 0 Å². The van der Waals surface area contributed by atoms with E-state index in [2.05, 4.69) is 22.8 Å². The first kappa shape index (κ1) is 18.3. The highest BCUT2D eigenvalue weighted by molar-refractivity contribution is 8.09. The number of amides is 1. The van der Waals surface area contributed by atoms with Crippen LogP contribution in [0.4, 0.5) is 14.5 Å². The van der Waals surface area contributed by atoms with E-state index in [0.29, 0.717) is 16.8 Å². The molecule has 144 valence electrons. The van der Waals surface area contributed by atoms with E-state index in [4.69, 9.17) is 0 Å². The SMILES string of the molecule is O=C1Nc2cc(-c3cc(F)ccc3F)ccc2/C1=C/C1CC=C(c2cccs2)S1. The fraction of sp³-hybridized carbons (Fsp3) is 0.0870. The van der Waals surface area contributed by atoms with E-state index < -0.39 is 11.6 Å². The average molecular weight is 424 g/mol. The number of carbonyl (C=O) groups is 1. The lowest BCUT2D eigenvalue weighted by atomic mass is 9.99. The minimum Gasteiger partial charge on any atom is -0.321 e. The maximum Gasteiger partial charge on any atom is 0.256 e. The molecule has 1 N–H and O–H groups in total. The zero-order valence-electron chi connectivity index (χ0n) is 15.1. The second-order valence-electron chi connectivity index (χ2n) is 6.86. The van der Waals surface area contributed by atoms with Crippen molar-refractivity contribution < 1.29 is 13.6 Å². The largest absolute Gasteiger partial charge is 0.321 e. The van der Waals surface area contributed by atoms with E-state index in [1.807, 2.05) is 12.1 Å². The molecule has 0 radical (unpaired) electrons. The van der Waals surface area contributed by atoms with Gasteiger partial charge in [0.05, 0.1) is 0 Å². The molecule has 1 aromatic heterocycles. The highest BCUT2D eigenvalue weighted by atomic mass is 32.2. The molecule has 2 aliphatic rings. The van der Waals surface area contributed by atoms with Crippen molar-refractivity contribution in [2.75, 3.05) is 5.32 Å². The third-order valence-electron chi connectivity index (χ3n) is 4.97. The minimum absolute atomic E-state index is 0.165. The van der Waals surface area contributed by atoms with E-state index in [1.54, 1.807) is 41.3 Å². The molecule has 5 rings (SSSR count). The summed E-state index contributed by atoms with van der Waals surface area (Å²) >= 11 is 3.47. The maximum atomic E-state index is 14.1. The number of rotatable bonds is 3. The van der Waals surface area contributed by atoms with Crippen LogP contribution in [0.25, 0.3) is 21.6 Å². The highest BCUT2D eigenvalue weighted by Crippen LogP contribution is 2.44. The Kier molecular flexibility index (Phi) is 4.60. The van der Waals surface area contributed by atoms with Gasteiger partial charge in [0.1, 0.15) is 11.6 Å². The number of benzene rings is 2. The lowest BCUT2D eigenvalue weighted by Gasteiger charge is -2.07. The summed E-state index contributed by atoms with van der Waals surface area (Å²) in [5.41, 5.74) is 2.75. The summed E-state index contributed by atoms with van der Waals surface area (Å²) < 4.78 is 27.7. The first-order chi connectivity index (χ1) is 14.1. The molecule has 1 amide bonds. The van der Waals surface area contributed by atoms with Gasteiger partial charge in [0.25, 0.3) is 5.91 Å². The summed E-state index contributed by atoms with van der Waals surface area (Å²) in [6.45, 7) is 0. The Bertz CT molecular complexity index is 1180. The summed E-state index contributed by atoms with van der Waals surface area (Å²) in [7, 11) is 0. The lowest BCUT2D eigenvalue weighted by Crippen LogP contribution is -2.05. The van der Waals surface area contributed by atoms with E-state index in [-0.39, 0.29) is 16.7 Å². The second-order valence-corrected chi connectivity index (χ2v) is 9.09. The Labute approximate surface area is 175 Å². The van der Waals surface area contributed by atoms with E-state index >= 15 is 0 Å². The Morgan fingerprint density at radius 1 is 1.07 bits per heavy atom. The molecule has 2 aromatic carbocycles. The van der Waals surface area contributed by atoms with Gasteiger partial charge in [0, 0.05) is 37.4 Å². The van der Waals surface area contributed by atoms with Crippen LogP contribution >= 0.6 is 23.1 Å². The van der Waals surface area contributed by atoms with Gasteiger partial charge in [-0.05, 0) is 47.7 Å². The molecule has 0 spiro atoms. The third kappa shape index (κ3) is 3.43. The summed E-state index contributed by atoms with van der Waals surface area (Å²) in [6.07, 6.45) is 5.09. The standard InChI is InChI=1S/C23H15F2NOS2/c24-14-4-7-19(25)17(11-14)13-3-6-16-18(23(27)26-20(16)10-13)12-15-5-8-22(29-15)21-2-1-9-28-21/h1-4,6-12,15H,5H2,(H,26,27)/b18-12-. The number of allylic oxidation sites excluding steroid dienone is 1. The summed E-state index contributed by atoms with van der Waals surface area (Å²) in [6, 6.07) is 12.7.